The Kier molecular flexibility index (Phi) is 2.94. The average Bonchev–Trinajstić information content (AvgIpc) is 2.46. The average molecular weight is 268 g/mol. The quantitative estimate of drug-likeness (QED) is 0.852. The second kappa shape index (κ2) is 4.53. The van der Waals surface area contributed by atoms with E-state index < -0.39 is 6.10 Å². The van der Waals surface area contributed by atoms with Crippen molar-refractivity contribution in [3.05, 3.63) is 57.7 Å². The summed E-state index contributed by atoms with van der Waals surface area (Å²) in [5.74, 6) is -0.329. The topological polar surface area (TPSA) is 54.4 Å². The van der Waals surface area contributed by atoms with E-state index in [1.165, 1.54) is 0 Å². The zero-order valence-corrected chi connectivity index (χ0v) is 11.6. The molecule has 1 atom stereocenters. The van der Waals surface area contributed by atoms with Crippen molar-refractivity contribution in [1.29, 1.82) is 0 Å². The highest BCUT2D eigenvalue weighted by atomic mass is 16.3. The number of benzene rings is 1. The van der Waals surface area contributed by atoms with Crippen molar-refractivity contribution in [1.82, 2.24) is 0 Å². The molecular formula is C17H16O3. The summed E-state index contributed by atoms with van der Waals surface area (Å²) in [6.45, 7) is 3.78. The van der Waals surface area contributed by atoms with Crippen molar-refractivity contribution < 1.29 is 14.7 Å². The van der Waals surface area contributed by atoms with Gasteiger partial charge in [-0.15, -0.1) is 0 Å². The summed E-state index contributed by atoms with van der Waals surface area (Å²) < 4.78 is 0. The number of rotatable bonds is 1. The molecule has 0 fully saturated rings. The second-order valence-corrected chi connectivity index (χ2v) is 5.28. The van der Waals surface area contributed by atoms with E-state index in [2.05, 4.69) is 0 Å². The van der Waals surface area contributed by atoms with Crippen LogP contribution in [-0.4, -0.2) is 22.8 Å². The van der Waals surface area contributed by atoms with Crippen molar-refractivity contribution in [2.45, 2.75) is 32.8 Å². The minimum atomic E-state index is -0.872. The molecule has 102 valence electrons. The molecule has 3 heteroatoms. The van der Waals surface area contributed by atoms with Gasteiger partial charge in [-0.05, 0) is 30.9 Å². The first-order valence-corrected chi connectivity index (χ1v) is 6.86. The number of allylic oxidation sites excluding steroid dienone is 2. The van der Waals surface area contributed by atoms with E-state index in [1.54, 1.807) is 6.07 Å². The molecule has 0 amide bonds. The zero-order chi connectivity index (χ0) is 14.4. The van der Waals surface area contributed by atoms with E-state index in [1.807, 2.05) is 32.1 Å². The second-order valence-electron chi connectivity index (χ2n) is 5.28. The monoisotopic (exact) mass is 268 g/mol. The fourth-order valence-electron chi connectivity index (χ4n) is 3.08. The Morgan fingerprint density at radius 2 is 2.00 bits per heavy atom. The van der Waals surface area contributed by atoms with E-state index >= 15 is 0 Å². The molecule has 0 aliphatic heterocycles. The molecule has 1 N–H and O–H groups in total. The van der Waals surface area contributed by atoms with Crippen LogP contribution in [0.2, 0.25) is 0 Å². The van der Waals surface area contributed by atoms with Crippen LogP contribution in [0, 0.1) is 0 Å². The Hall–Kier alpha value is -2.00. The van der Waals surface area contributed by atoms with Crippen LogP contribution in [0.5, 0.6) is 0 Å². The first-order valence-electron chi connectivity index (χ1n) is 6.86. The van der Waals surface area contributed by atoms with E-state index in [9.17, 15) is 14.7 Å². The van der Waals surface area contributed by atoms with Gasteiger partial charge in [-0.2, -0.15) is 0 Å². The van der Waals surface area contributed by atoms with Crippen LogP contribution in [0.4, 0.5) is 0 Å². The summed E-state index contributed by atoms with van der Waals surface area (Å²) in [5, 5.41) is 10.1. The van der Waals surface area contributed by atoms with Crippen LogP contribution in [-0.2, 0) is 6.42 Å². The number of hydrogen-bond donors (Lipinski definition) is 1. The van der Waals surface area contributed by atoms with Crippen molar-refractivity contribution in [2.24, 2.45) is 0 Å². The predicted molar refractivity (Wildman–Crippen MR) is 75.9 cm³/mol. The lowest BCUT2D eigenvalue weighted by Crippen LogP contribution is -2.32. The van der Waals surface area contributed by atoms with Gasteiger partial charge in [0.05, 0.1) is 6.10 Å². The lowest BCUT2D eigenvalue weighted by atomic mass is 9.74. The van der Waals surface area contributed by atoms with Crippen LogP contribution >= 0.6 is 0 Å². The van der Waals surface area contributed by atoms with Gasteiger partial charge in [0.25, 0.3) is 0 Å². The van der Waals surface area contributed by atoms with Crippen LogP contribution in [0.15, 0.2) is 41.0 Å². The maximum Gasteiger partial charge on any atom is 0.194 e. The minimum Gasteiger partial charge on any atom is -0.388 e. The number of aryl methyl sites for hydroxylation is 1. The SMILES string of the molecule is CCc1cccc2c1C(=O)C1=C(C2=O)C(C)=CCC1O. The van der Waals surface area contributed by atoms with Gasteiger partial charge in [-0.25, -0.2) is 0 Å². The molecular weight excluding hydrogens is 252 g/mol. The summed E-state index contributed by atoms with van der Waals surface area (Å²) in [7, 11) is 0. The van der Waals surface area contributed by atoms with Crippen LogP contribution in [0.1, 0.15) is 46.5 Å². The number of aliphatic hydroxyl groups is 1. The normalized spacial score (nSPS) is 21.6. The minimum absolute atomic E-state index is 0.141. The van der Waals surface area contributed by atoms with Gasteiger partial charge in [0, 0.05) is 22.3 Å². The fraction of sp³-hybridized carbons (Fsp3) is 0.294. The lowest BCUT2D eigenvalue weighted by Gasteiger charge is -2.28. The summed E-state index contributed by atoms with van der Waals surface area (Å²) in [6, 6.07) is 5.38. The summed E-state index contributed by atoms with van der Waals surface area (Å²) >= 11 is 0. The summed E-state index contributed by atoms with van der Waals surface area (Å²) in [6.07, 6.45) is 2.04. The van der Waals surface area contributed by atoms with E-state index in [4.69, 9.17) is 0 Å². The molecule has 1 unspecified atom stereocenters. The molecule has 0 radical (unpaired) electrons. The Balaban J connectivity index is 2.30. The number of ketones is 2. The van der Waals surface area contributed by atoms with Crippen molar-refractivity contribution in [3.8, 4) is 0 Å². The van der Waals surface area contributed by atoms with Gasteiger partial charge in [0.15, 0.2) is 11.6 Å². The van der Waals surface area contributed by atoms with Gasteiger partial charge >= 0.3 is 0 Å². The highest BCUT2D eigenvalue weighted by molar-refractivity contribution is 6.29. The van der Waals surface area contributed by atoms with E-state index in [0.29, 0.717) is 29.5 Å². The van der Waals surface area contributed by atoms with Gasteiger partial charge in [0.1, 0.15) is 0 Å². The molecule has 20 heavy (non-hydrogen) atoms. The summed E-state index contributed by atoms with van der Waals surface area (Å²) in [5.41, 5.74) is 3.28. The van der Waals surface area contributed by atoms with Crippen molar-refractivity contribution in [2.75, 3.05) is 0 Å². The highest BCUT2D eigenvalue weighted by Gasteiger charge is 2.38. The lowest BCUT2D eigenvalue weighted by molar-refractivity contribution is 0.0935. The third kappa shape index (κ3) is 1.63. The molecule has 3 rings (SSSR count). The number of carbonyl (C=O) groups excluding carboxylic acids is 2. The predicted octanol–water partition coefficient (Wildman–Crippen LogP) is 2.64. The standard InChI is InChI=1S/C17H16O3/c1-3-10-5-4-6-11-14(10)17(20)15-12(18)8-7-9(2)13(15)16(11)19/h4-7,12,18H,3,8H2,1-2H3. The van der Waals surface area contributed by atoms with Gasteiger partial charge in [-0.3, -0.25) is 9.59 Å². The van der Waals surface area contributed by atoms with E-state index in [-0.39, 0.29) is 17.1 Å². The maximum atomic E-state index is 12.7. The first kappa shape index (κ1) is 13.0. The third-order valence-electron chi connectivity index (χ3n) is 4.12. The molecule has 0 bridgehead atoms. The number of aliphatic hydroxyl groups excluding tert-OH is 1. The number of carbonyl (C=O) groups is 2. The number of hydrogen-bond acceptors (Lipinski definition) is 3. The molecule has 1 aromatic rings. The van der Waals surface area contributed by atoms with Gasteiger partial charge in [0.2, 0.25) is 0 Å². The Bertz CT molecular complexity index is 692. The largest absolute Gasteiger partial charge is 0.388 e. The van der Waals surface area contributed by atoms with Gasteiger partial charge in [-0.1, -0.05) is 31.2 Å². The number of fused-ring (bicyclic) bond motifs is 1. The number of Topliss-reactive ketones (excluding diaryl/α,β-unsaturated/α-hetero) is 2. The van der Waals surface area contributed by atoms with Crippen LogP contribution in [0.3, 0.4) is 0 Å². The van der Waals surface area contributed by atoms with Crippen molar-refractivity contribution >= 4 is 11.6 Å². The Labute approximate surface area is 117 Å². The Morgan fingerprint density at radius 3 is 2.70 bits per heavy atom. The molecule has 2 aliphatic rings. The molecule has 0 saturated heterocycles. The third-order valence-corrected chi connectivity index (χ3v) is 4.12. The molecule has 1 aromatic carbocycles. The highest BCUT2D eigenvalue weighted by Crippen LogP contribution is 2.37. The fourth-order valence-corrected chi connectivity index (χ4v) is 3.08. The van der Waals surface area contributed by atoms with E-state index in [0.717, 1.165) is 11.1 Å². The molecule has 0 spiro atoms. The summed E-state index contributed by atoms with van der Waals surface area (Å²) in [4.78, 5) is 25.4. The zero-order valence-electron chi connectivity index (χ0n) is 11.6. The molecule has 0 saturated carbocycles. The molecule has 0 aromatic heterocycles. The molecule has 2 aliphatic carbocycles. The van der Waals surface area contributed by atoms with Gasteiger partial charge < -0.3 is 5.11 Å². The first-order chi connectivity index (χ1) is 9.56. The molecule has 0 heterocycles. The van der Waals surface area contributed by atoms with Crippen LogP contribution in [0.25, 0.3) is 0 Å². The van der Waals surface area contributed by atoms with Crippen molar-refractivity contribution in [3.63, 3.8) is 0 Å². The van der Waals surface area contributed by atoms with Crippen LogP contribution < -0.4 is 0 Å². The molecule has 3 nitrogen and oxygen atoms in total. The maximum absolute atomic E-state index is 12.7. The smallest absolute Gasteiger partial charge is 0.194 e. The Morgan fingerprint density at radius 1 is 1.25 bits per heavy atom.